The maximum absolute atomic E-state index is 13.1. The summed E-state index contributed by atoms with van der Waals surface area (Å²) in [5.41, 5.74) is -0.0250. The number of benzene rings is 2. The first kappa shape index (κ1) is 19.9. The van der Waals surface area contributed by atoms with Crippen LogP contribution in [0.3, 0.4) is 0 Å². The van der Waals surface area contributed by atoms with Gasteiger partial charge in [-0.3, -0.25) is 4.79 Å². The van der Waals surface area contributed by atoms with E-state index in [-0.39, 0.29) is 23.1 Å². The number of fused-ring (bicyclic) bond motifs is 1. The fraction of sp³-hybridized carbons (Fsp3) is 0.0526. The molecule has 0 radical (unpaired) electrons. The Bertz CT molecular complexity index is 1300. The summed E-state index contributed by atoms with van der Waals surface area (Å²) in [5, 5.41) is 7.39. The molecular formula is C19H12Cl2FN5O3. The minimum Gasteiger partial charge on any atom is -0.436 e. The second kappa shape index (κ2) is 8.13. The van der Waals surface area contributed by atoms with Crippen LogP contribution in [-0.4, -0.2) is 25.1 Å². The molecule has 152 valence electrons. The molecule has 0 spiro atoms. The zero-order valence-electron chi connectivity index (χ0n) is 15.1. The summed E-state index contributed by atoms with van der Waals surface area (Å²) in [5.74, 6) is -0.559. The molecule has 30 heavy (non-hydrogen) atoms. The third-order valence-corrected chi connectivity index (χ3v) is 4.73. The van der Waals surface area contributed by atoms with Crippen LogP contribution in [0, 0.1) is 5.82 Å². The predicted octanol–water partition coefficient (Wildman–Crippen LogP) is 3.77. The molecule has 4 aromatic rings. The molecule has 0 aliphatic heterocycles. The van der Waals surface area contributed by atoms with E-state index in [9.17, 15) is 14.0 Å². The van der Waals surface area contributed by atoms with Crippen LogP contribution in [0.5, 0.6) is 11.6 Å². The predicted molar refractivity (Wildman–Crippen MR) is 109 cm³/mol. The second-order valence-corrected chi connectivity index (χ2v) is 6.91. The molecule has 2 aromatic carbocycles. The van der Waals surface area contributed by atoms with Gasteiger partial charge in [0, 0.05) is 18.1 Å². The molecule has 0 atom stereocenters. The van der Waals surface area contributed by atoms with Gasteiger partial charge in [0.25, 0.3) is 5.88 Å². The molecule has 11 heteroatoms. The molecule has 1 N–H and O–H groups in total. The molecule has 2 aromatic heterocycles. The summed E-state index contributed by atoms with van der Waals surface area (Å²) in [6.07, 6.45) is 2.75. The number of ether oxygens (including phenoxy) is 1. The maximum Gasteiger partial charge on any atom is 0.351 e. The molecular weight excluding hydrogens is 436 g/mol. The number of halogens is 3. The Morgan fingerprint density at radius 3 is 2.63 bits per heavy atom. The number of carbonyl (C=O) groups is 1. The van der Waals surface area contributed by atoms with E-state index in [1.165, 1.54) is 47.1 Å². The van der Waals surface area contributed by atoms with Crippen LogP contribution >= 0.6 is 23.2 Å². The average molecular weight is 448 g/mol. The van der Waals surface area contributed by atoms with Gasteiger partial charge in [0.15, 0.2) is 0 Å². The summed E-state index contributed by atoms with van der Waals surface area (Å²) in [7, 11) is 0. The van der Waals surface area contributed by atoms with Crippen LogP contribution in [0.2, 0.25) is 10.0 Å². The molecule has 8 nitrogen and oxygen atoms in total. The van der Waals surface area contributed by atoms with E-state index in [1.54, 1.807) is 12.1 Å². The Balaban J connectivity index is 1.58. The molecule has 0 saturated carbocycles. The van der Waals surface area contributed by atoms with Gasteiger partial charge in [0.05, 0.1) is 10.0 Å². The second-order valence-electron chi connectivity index (χ2n) is 6.10. The summed E-state index contributed by atoms with van der Waals surface area (Å²) in [6.45, 7) is -0.350. The van der Waals surface area contributed by atoms with Gasteiger partial charge in [-0.1, -0.05) is 23.2 Å². The van der Waals surface area contributed by atoms with Gasteiger partial charge in [-0.15, -0.1) is 5.10 Å². The Hall–Kier alpha value is -3.43. The van der Waals surface area contributed by atoms with Gasteiger partial charge in [-0.2, -0.15) is 0 Å². The van der Waals surface area contributed by atoms with Crippen molar-refractivity contribution in [1.29, 1.82) is 0 Å². The lowest BCUT2D eigenvalue weighted by Crippen LogP contribution is -2.28. The Labute approximate surface area is 178 Å². The Morgan fingerprint density at radius 2 is 1.90 bits per heavy atom. The summed E-state index contributed by atoms with van der Waals surface area (Å²) >= 11 is 11.8. The largest absolute Gasteiger partial charge is 0.436 e. The number of rotatable bonds is 5. The van der Waals surface area contributed by atoms with Gasteiger partial charge in [0.1, 0.15) is 18.1 Å². The Morgan fingerprint density at radius 1 is 1.13 bits per heavy atom. The van der Waals surface area contributed by atoms with Crippen LogP contribution < -0.4 is 15.7 Å². The summed E-state index contributed by atoms with van der Waals surface area (Å²) in [6, 6.07) is 9.91. The normalized spacial score (nSPS) is 10.9. The van der Waals surface area contributed by atoms with Crippen molar-refractivity contribution in [3.8, 4) is 11.6 Å². The lowest BCUT2D eigenvalue weighted by Gasteiger charge is -2.06. The third kappa shape index (κ3) is 4.12. The minimum absolute atomic E-state index is 0.0323. The number of hydrogen-bond donors (Lipinski definition) is 1. The molecule has 2 heterocycles. The minimum atomic E-state index is -0.555. The van der Waals surface area contributed by atoms with E-state index in [2.05, 4.69) is 15.4 Å². The van der Waals surface area contributed by atoms with Gasteiger partial charge < -0.3 is 10.1 Å². The van der Waals surface area contributed by atoms with Gasteiger partial charge in [-0.25, -0.2) is 23.3 Å². The first-order valence-corrected chi connectivity index (χ1v) is 9.29. The van der Waals surface area contributed by atoms with Crippen LogP contribution in [-0.2, 0) is 11.3 Å². The summed E-state index contributed by atoms with van der Waals surface area (Å²) < 4.78 is 20.8. The quantitative estimate of drug-likeness (QED) is 0.502. The number of anilines is 1. The average Bonchev–Trinajstić information content (AvgIpc) is 3.03. The molecule has 0 aliphatic rings. The van der Waals surface area contributed by atoms with Crippen molar-refractivity contribution in [2.24, 2.45) is 0 Å². The number of nitrogens with zero attached hydrogens (tertiary/aromatic N) is 4. The third-order valence-electron chi connectivity index (χ3n) is 3.99. The lowest BCUT2D eigenvalue weighted by atomic mass is 10.3. The summed E-state index contributed by atoms with van der Waals surface area (Å²) in [4.78, 5) is 29.0. The van der Waals surface area contributed by atoms with Crippen molar-refractivity contribution in [2.45, 2.75) is 6.54 Å². The van der Waals surface area contributed by atoms with Crippen molar-refractivity contribution >= 4 is 40.4 Å². The molecule has 0 bridgehead atoms. The highest BCUT2D eigenvalue weighted by Gasteiger charge is 2.16. The molecule has 0 fully saturated rings. The van der Waals surface area contributed by atoms with Crippen molar-refractivity contribution < 1.29 is 13.9 Å². The molecule has 0 aliphatic carbocycles. The number of nitrogens with one attached hydrogen (secondary N) is 1. The van der Waals surface area contributed by atoms with Crippen molar-refractivity contribution in [1.82, 2.24) is 19.2 Å². The standard InChI is InChI=1S/C19H12Cl2FN5O3/c20-14-6-3-12(9-15(14)21)24-16(28)10-27-19(29)26-8-7-23-18(17(26)25-27)30-13-4-1-11(22)2-5-13/h1-9H,10H2,(H,24,28). The molecule has 0 saturated heterocycles. The first-order valence-electron chi connectivity index (χ1n) is 8.53. The van der Waals surface area contributed by atoms with Crippen molar-refractivity contribution in [2.75, 3.05) is 5.32 Å². The molecule has 0 unspecified atom stereocenters. The number of carbonyl (C=O) groups excluding carboxylic acids is 1. The van der Waals surface area contributed by atoms with Gasteiger partial charge >= 0.3 is 5.69 Å². The van der Waals surface area contributed by atoms with Crippen LogP contribution in [0.4, 0.5) is 10.1 Å². The lowest BCUT2D eigenvalue weighted by molar-refractivity contribution is -0.117. The van der Waals surface area contributed by atoms with Crippen LogP contribution in [0.1, 0.15) is 0 Å². The number of hydrogen-bond acceptors (Lipinski definition) is 5. The zero-order valence-corrected chi connectivity index (χ0v) is 16.6. The fourth-order valence-electron chi connectivity index (χ4n) is 2.63. The van der Waals surface area contributed by atoms with E-state index < -0.39 is 17.4 Å². The van der Waals surface area contributed by atoms with Gasteiger partial charge in [0.2, 0.25) is 11.6 Å². The van der Waals surface area contributed by atoms with E-state index in [0.717, 1.165) is 4.68 Å². The van der Waals surface area contributed by atoms with Gasteiger partial charge in [-0.05, 0) is 42.5 Å². The SMILES string of the molecule is O=C(Cn1nc2c(Oc3ccc(F)cc3)nccn2c1=O)Nc1ccc(Cl)c(Cl)c1. The molecule has 1 amide bonds. The monoisotopic (exact) mass is 447 g/mol. The fourth-order valence-corrected chi connectivity index (χ4v) is 2.92. The van der Waals surface area contributed by atoms with Crippen LogP contribution in [0.15, 0.2) is 59.7 Å². The number of aromatic nitrogens is 4. The van der Waals surface area contributed by atoms with Crippen LogP contribution in [0.25, 0.3) is 5.65 Å². The highest BCUT2D eigenvalue weighted by atomic mass is 35.5. The highest BCUT2D eigenvalue weighted by Crippen LogP contribution is 2.25. The topological polar surface area (TPSA) is 90.5 Å². The highest BCUT2D eigenvalue weighted by molar-refractivity contribution is 6.42. The van der Waals surface area contributed by atoms with E-state index in [4.69, 9.17) is 27.9 Å². The van der Waals surface area contributed by atoms with E-state index in [1.807, 2.05) is 0 Å². The molecule has 4 rings (SSSR count). The first-order chi connectivity index (χ1) is 14.4. The number of amides is 1. The van der Waals surface area contributed by atoms with Crippen molar-refractivity contribution in [3.05, 3.63) is 81.2 Å². The zero-order chi connectivity index (χ0) is 21.3. The smallest absolute Gasteiger partial charge is 0.351 e. The maximum atomic E-state index is 13.1. The van der Waals surface area contributed by atoms with Crippen molar-refractivity contribution in [3.63, 3.8) is 0 Å². The van der Waals surface area contributed by atoms with E-state index in [0.29, 0.717) is 16.5 Å². The Kier molecular flexibility index (Phi) is 5.39. The van der Waals surface area contributed by atoms with E-state index >= 15 is 0 Å².